The molecule has 0 unspecified atom stereocenters. The summed E-state index contributed by atoms with van der Waals surface area (Å²) >= 11 is 0. The molecule has 4 nitrogen and oxygen atoms in total. The molecular weight excluding hydrogens is 283 g/mol. The van der Waals surface area contributed by atoms with Crippen LogP contribution in [0.25, 0.3) is 0 Å². The van der Waals surface area contributed by atoms with Crippen molar-refractivity contribution in [1.29, 1.82) is 0 Å². The van der Waals surface area contributed by atoms with Crippen LogP contribution in [0.1, 0.15) is 39.2 Å². The van der Waals surface area contributed by atoms with E-state index in [-0.39, 0.29) is 18.0 Å². The van der Waals surface area contributed by atoms with Crippen LogP contribution in [-0.2, 0) is 4.74 Å². The average Bonchev–Trinajstić information content (AvgIpc) is 2.42. The zero-order chi connectivity index (χ0) is 16.3. The van der Waals surface area contributed by atoms with Crippen LogP contribution in [0.15, 0.2) is 18.2 Å². The Kier molecular flexibility index (Phi) is 4.94. The van der Waals surface area contributed by atoms with Gasteiger partial charge in [-0.25, -0.2) is 9.18 Å². The monoisotopic (exact) mass is 308 g/mol. The lowest BCUT2D eigenvalue weighted by Crippen LogP contribution is -2.44. The number of nitrogens with zero attached hydrogens (tertiary/aromatic N) is 1. The van der Waals surface area contributed by atoms with E-state index in [1.54, 1.807) is 11.0 Å². The van der Waals surface area contributed by atoms with Crippen molar-refractivity contribution in [2.75, 3.05) is 18.4 Å². The van der Waals surface area contributed by atoms with Crippen LogP contribution in [0.5, 0.6) is 0 Å². The Labute approximate surface area is 131 Å². The van der Waals surface area contributed by atoms with Crippen molar-refractivity contribution < 1.29 is 13.9 Å². The molecule has 1 N–H and O–H groups in total. The number of nitrogens with one attached hydrogen (secondary N) is 1. The third-order valence-corrected chi connectivity index (χ3v) is 3.72. The fraction of sp³-hybridized carbons (Fsp3) is 0.588. The number of ether oxygens (including phenoxy) is 1. The zero-order valence-corrected chi connectivity index (χ0v) is 13.8. The van der Waals surface area contributed by atoms with Crippen LogP contribution < -0.4 is 5.32 Å². The van der Waals surface area contributed by atoms with Gasteiger partial charge in [-0.2, -0.15) is 0 Å². The molecule has 0 aliphatic carbocycles. The Morgan fingerprint density at radius 3 is 2.50 bits per heavy atom. The highest BCUT2D eigenvalue weighted by atomic mass is 19.1. The maximum atomic E-state index is 13.8. The van der Waals surface area contributed by atoms with Crippen LogP contribution >= 0.6 is 0 Å². The zero-order valence-electron chi connectivity index (χ0n) is 13.8. The summed E-state index contributed by atoms with van der Waals surface area (Å²) < 4.78 is 19.2. The number of carbonyl (C=O) groups is 1. The van der Waals surface area contributed by atoms with E-state index in [0.29, 0.717) is 18.8 Å². The van der Waals surface area contributed by atoms with Crippen molar-refractivity contribution in [3.8, 4) is 0 Å². The number of carbonyl (C=O) groups excluding carboxylic acids is 1. The number of hydrogen-bond acceptors (Lipinski definition) is 3. The summed E-state index contributed by atoms with van der Waals surface area (Å²) in [5.74, 6) is -0.227. The van der Waals surface area contributed by atoms with Gasteiger partial charge in [0.25, 0.3) is 0 Å². The van der Waals surface area contributed by atoms with E-state index < -0.39 is 5.60 Å². The first kappa shape index (κ1) is 16.6. The molecule has 1 aromatic rings. The molecule has 1 heterocycles. The summed E-state index contributed by atoms with van der Waals surface area (Å²) in [5, 5.41) is 3.27. The second kappa shape index (κ2) is 6.55. The fourth-order valence-electron chi connectivity index (χ4n) is 2.55. The third-order valence-electron chi connectivity index (χ3n) is 3.72. The number of halogens is 1. The number of likely N-dealkylation sites (tertiary alicyclic amines) is 1. The molecule has 5 heteroatoms. The minimum absolute atomic E-state index is 0.175. The molecule has 1 amide bonds. The smallest absolute Gasteiger partial charge is 0.410 e. The highest BCUT2D eigenvalue weighted by Crippen LogP contribution is 2.23. The predicted molar refractivity (Wildman–Crippen MR) is 85.6 cm³/mol. The van der Waals surface area contributed by atoms with Gasteiger partial charge in [-0.3, -0.25) is 0 Å². The van der Waals surface area contributed by atoms with Gasteiger partial charge in [0.2, 0.25) is 0 Å². The van der Waals surface area contributed by atoms with Gasteiger partial charge >= 0.3 is 6.09 Å². The number of rotatable bonds is 2. The van der Waals surface area contributed by atoms with E-state index >= 15 is 0 Å². The van der Waals surface area contributed by atoms with Crippen molar-refractivity contribution in [3.05, 3.63) is 29.6 Å². The molecule has 1 aromatic carbocycles. The van der Waals surface area contributed by atoms with E-state index in [0.717, 1.165) is 18.4 Å². The molecule has 1 aliphatic heterocycles. The molecule has 0 atom stereocenters. The lowest BCUT2D eigenvalue weighted by molar-refractivity contribution is 0.0210. The second-order valence-electron chi connectivity index (χ2n) is 6.82. The minimum Gasteiger partial charge on any atom is -0.444 e. The summed E-state index contributed by atoms with van der Waals surface area (Å²) in [5.41, 5.74) is 0.990. The average molecular weight is 308 g/mol. The Morgan fingerprint density at radius 2 is 1.95 bits per heavy atom. The lowest BCUT2D eigenvalue weighted by atomic mass is 10.0. The molecular formula is C17H25FN2O2. The highest BCUT2D eigenvalue weighted by Gasteiger charge is 2.27. The number of para-hydroxylation sites is 1. The predicted octanol–water partition coefficient (Wildman–Crippen LogP) is 3.95. The van der Waals surface area contributed by atoms with E-state index in [1.807, 2.05) is 33.8 Å². The summed E-state index contributed by atoms with van der Waals surface area (Å²) in [6.07, 6.45) is 1.30. The van der Waals surface area contributed by atoms with Crippen LogP contribution in [0, 0.1) is 12.7 Å². The molecule has 0 bridgehead atoms. The van der Waals surface area contributed by atoms with Gasteiger partial charge in [-0.1, -0.05) is 12.1 Å². The summed E-state index contributed by atoms with van der Waals surface area (Å²) in [7, 11) is 0. The molecule has 22 heavy (non-hydrogen) atoms. The topological polar surface area (TPSA) is 41.6 Å². The number of hydrogen-bond donors (Lipinski definition) is 1. The molecule has 1 aliphatic rings. The van der Waals surface area contributed by atoms with Crippen LogP contribution in [0.4, 0.5) is 14.9 Å². The van der Waals surface area contributed by atoms with Crippen molar-refractivity contribution in [2.45, 2.75) is 52.2 Å². The highest BCUT2D eigenvalue weighted by molar-refractivity contribution is 5.68. The van der Waals surface area contributed by atoms with Gasteiger partial charge in [0.05, 0.1) is 5.69 Å². The standard InChI is InChI=1S/C17H25FN2O2/c1-12-6-5-7-14(18)15(12)19-13-8-10-20(11-9-13)16(21)22-17(2,3)4/h5-7,13,19H,8-11H2,1-4H3. The van der Waals surface area contributed by atoms with E-state index in [4.69, 9.17) is 4.74 Å². The summed E-state index contributed by atoms with van der Waals surface area (Å²) in [6, 6.07) is 5.24. The number of benzene rings is 1. The summed E-state index contributed by atoms with van der Waals surface area (Å²) in [6.45, 7) is 8.72. The first-order valence-electron chi connectivity index (χ1n) is 7.76. The van der Waals surface area contributed by atoms with Crippen LogP contribution in [-0.4, -0.2) is 35.7 Å². The van der Waals surface area contributed by atoms with E-state index in [1.165, 1.54) is 6.07 Å². The molecule has 1 fully saturated rings. The number of anilines is 1. The number of aryl methyl sites for hydroxylation is 1. The molecule has 122 valence electrons. The second-order valence-corrected chi connectivity index (χ2v) is 6.82. The third kappa shape index (κ3) is 4.36. The van der Waals surface area contributed by atoms with Crippen molar-refractivity contribution in [3.63, 3.8) is 0 Å². The van der Waals surface area contributed by atoms with E-state index in [9.17, 15) is 9.18 Å². The van der Waals surface area contributed by atoms with Gasteiger partial charge in [-0.15, -0.1) is 0 Å². The SMILES string of the molecule is Cc1cccc(F)c1NC1CCN(C(=O)OC(C)(C)C)CC1. The molecule has 0 aromatic heterocycles. The fourth-order valence-corrected chi connectivity index (χ4v) is 2.55. The first-order chi connectivity index (χ1) is 10.3. The molecule has 2 rings (SSSR count). The van der Waals surface area contributed by atoms with Crippen LogP contribution in [0.2, 0.25) is 0 Å². The Bertz CT molecular complexity index is 512. The lowest BCUT2D eigenvalue weighted by Gasteiger charge is -2.34. The molecule has 0 radical (unpaired) electrons. The van der Waals surface area contributed by atoms with Gasteiger partial charge in [-0.05, 0) is 52.2 Å². The van der Waals surface area contributed by atoms with Crippen molar-refractivity contribution in [1.82, 2.24) is 4.90 Å². The van der Waals surface area contributed by atoms with Gasteiger partial charge < -0.3 is 15.0 Å². The van der Waals surface area contributed by atoms with Gasteiger partial charge in [0, 0.05) is 19.1 Å². The maximum Gasteiger partial charge on any atom is 0.410 e. The van der Waals surface area contributed by atoms with Crippen LogP contribution in [0.3, 0.4) is 0 Å². The Morgan fingerprint density at radius 1 is 1.32 bits per heavy atom. The van der Waals surface area contributed by atoms with Crippen molar-refractivity contribution in [2.24, 2.45) is 0 Å². The summed E-state index contributed by atoms with van der Waals surface area (Å²) in [4.78, 5) is 13.7. The minimum atomic E-state index is -0.476. The largest absolute Gasteiger partial charge is 0.444 e. The first-order valence-corrected chi connectivity index (χ1v) is 7.76. The Balaban J connectivity index is 1.89. The van der Waals surface area contributed by atoms with Crippen molar-refractivity contribution >= 4 is 11.8 Å². The van der Waals surface area contributed by atoms with Gasteiger partial charge in [0.1, 0.15) is 11.4 Å². The number of piperidine rings is 1. The van der Waals surface area contributed by atoms with Gasteiger partial charge in [0.15, 0.2) is 0 Å². The Hall–Kier alpha value is -1.78. The molecule has 1 saturated heterocycles. The quantitative estimate of drug-likeness (QED) is 0.899. The number of amides is 1. The molecule has 0 spiro atoms. The normalized spacial score (nSPS) is 16.5. The maximum absolute atomic E-state index is 13.8. The molecule has 0 saturated carbocycles. The van der Waals surface area contributed by atoms with E-state index in [2.05, 4.69) is 5.32 Å².